The lowest BCUT2D eigenvalue weighted by Crippen LogP contribution is -2.06. The minimum Gasteiger partial charge on any atom is -0.378 e. The Morgan fingerprint density at radius 3 is 2.81 bits per heavy atom. The van der Waals surface area contributed by atoms with Crippen molar-refractivity contribution in [3.05, 3.63) is 17.6 Å². The highest BCUT2D eigenvalue weighted by Crippen LogP contribution is 2.12. The normalized spacial score (nSPS) is 10.4. The van der Waals surface area contributed by atoms with Crippen molar-refractivity contribution in [3.63, 3.8) is 0 Å². The summed E-state index contributed by atoms with van der Waals surface area (Å²) in [6.45, 7) is 5.59. The van der Waals surface area contributed by atoms with E-state index in [4.69, 9.17) is 4.74 Å². The van der Waals surface area contributed by atoms with Crippen LogP contribution < -0.4 is 5.32 Å². The van der Waals surface area contributed by atoms with Gasteiger partial charge in [0, 0.05) is 19.7 Å². The Balaban J connectivity index is 2.80. The number of nitrogens with zero attached hydrogens (tertiary/aromatic N) is 2. The third-order valence-electron chi connectivity index (χ3n) is 1.91. The molecule has 1 heterocycles. The Kier molecular flexibility index (Phi) is 6.18. The van der Waals surface area contributed by atoms with E-state index in [0.717, 1.165) is 35.4 Å². The molecule has 0 aromatic carbocycles. The maximum absolute atomic E-state index is 5.10. The van der Waals surface area contributed by atoms with Gasteiger partial charge in [0.1, 0.15) is 11.6 Å². The zero-order valence-electron chi connectivity index (χ0n) is 10.1. The van der Waals surface area contributed by atoms with Crippen molar-refractivity contribution in [2.45, 2.75) is 26.2 Å². The summed E-state index contributed by atoms with van der Waals surface area (Å²) in [5, 5.41) is 3.21. The second-order valence-corrected chi connectivity index (χ2v) is 4.54. The van der Waals surface area contributed by atoms with Gasteiger partial charge in [0.05, 0.1) is 18.1 Å². The zero-order valence-corrected chi connectivity index (χ0v) is 10.9. The molecule has 0 unspecified atom stereocenters. The number of methoxy groups -OCH3 is 1. The van der Waals surface area contributed by atoms with E-state index in [-0.39, 0.29) is 0 Å². The number of aromatic nitrogens is 2. The number of hydrogen-bond donors (Lipinski definition) is 1. The molecule has 1 aromatic rings. The van der Waals surface area contributed by atoms with E-state index >= 15 is 0 Å². The molecule has 0 aliphatic rings. The third kappa shape index (κ3) is 4.37. The highest BCUT2D eigenvalue weighted by atomic mass is 32.2. The van der Waals surface area contributed by atoms with Gasteiger partial charge in [-0.2, -0.15) is 11.8 Å². The van der Waals surface area contributed by atoms with Crippen molar-refractivity contribution in [1.82, 2.24) is 9.97 Å². The van der Waals surface area contributed by atoms with Gasteiger partial charge in [0.25, 0.3) is 0 Å². The van der Waals surface area contributed by atoms with E-state index < -0.39 is 0 Å². The first kappa shape index (κ1) is 13.3. The van der Waals surface area contributed by atoms with Gasteiger partial charge in [-0.25, -0.2) is 9.97 Å². The van der Waals surface area contributed by atoms with Crippen molar-refractivity contribution in [1.29, 1.82) is 0 Å². The van der Waals surface area contributed by atoms with E-state index in [1.54, 1.807) is 7.11 Å². The predicted molar refractivity (Wildman–Crippen MR) is 68.7 cm³/mol. The van der Waals surface area contributed by atoms with Crippen LogP contribution in [0.15, 0.2) is 6.07 Å². The SMILES string of the molecule is CCNc1cc(COC)nc(CSCC)n1. The first-order valence-corrected chi connectivity index (χ1v) is 6.63. The van der Waals surface area contributed by atoms with E-state index in [9.17, 15) is 0 Å². The topological polar surface area (TPSA) is 47.0 Å². The molecule has 90 valence electrons. The predicted octanol–water partition coefficient (Wildman–Crippen LogP) is 2.31. The van der Waals surface area contributed by atoms with Crippen LogP contribution in [0, 0.1) is 0 Å². The maximum Gasteiger partial charge on any atom is 0.140 e. The Morgan fingerprint density at radius 2 is 2.19 bits per heavy atom. The van der Waals surface area contributed by atoms with E-state index in [0.29, 0.717) is 6.61 Å². The average molecular weight is 241 g/mol. The van der Waals surface area contributed by atoms with E-state index in [1.165, 1.54) is 0 Å². The van der Waals surface area contributed by atoms with Crippen LogP contribution in [0.25, 0.3) is 0 Å². The monoisotopic (exact) mass is 241 g/mol. The van der Waals surface area contributed by atoms with Gasteiger partial charge < -0.3 is 10.1 Å². The summed E-state index contributed by atoms with van der Waals surface area (Å²) >= 11 is 1.82. The molecule has 1 aromatic heterocycles. The molecule has 16 heavy (non-hydrogen) atoms. The Bertz CT molecular complexity index is 296. The van der Waals surface area contributed by atoms with Gasteiger partial charge in [-0.3, -0.25) is 0 Å². The summed E-state index contributed by atoms with van der Waals surface area (Å²) < 4.78 is 5.10. The van der Waals surface area contributed by atoms with Gasteiger partial charge in [0.15, 0.2) is 0 Å². The molecule has 0 amide bonds. The number of anilines is 1. The van der Waals surface area contributed by atoms with Gasteiger partial charge in [-0.05, 0) is 12.7 Å². The maximum atomic E-state index is 5.10. The molecule has 0 aliphatic carbocycles. The second-order valence-electron chi connectivity index (χ2n) is 3.26. The molecule has 0 saturated heterocycles. The molecule has 4 nitrogen and oxygen atoms in total. The molecule has 0 bridgehead atoms. The lowest BCUT2D eigenvalue weighted by molar-refractivity contribution is 0.181. The fourth-order valence-electron chi connectivity index (χ4n) is 1.30. The van der Waals surface area contributed by atoms with Crippen LogP contribution in [0.5, 0.6) is 0 Å². The van der Waals surface area contributed by atoms with Gasteiger partial charge in [-0.15, -0.1) is 0 Å². The Hall–Kier alpha value is -0.810. The first-order chi connectivity index (χ1) is 7.80. The third-order valence-corrected chi connectivity index (χ3v) is 2.78. The fourth-order valence-corrected chi connectivity index (χ4v) is 1.82. The summed E-state index contributed by atoms with van der Waals surface area (Å²) in [5.74, 6) is 3.69. The molecular formula is C11H19N3OS. The molecule has 0 aliphatic heterocycles. The average Bonchev–Trinajstić information content (AvgIpc) is 2.27. The van der Waals surface area contributed by atoms with Crippen molar-refractivity contribution in [2.75, 3.05) is 24.7 Å². The van der Waals surface area contributed by atoms with Crippen LogP contribution in [0.4, 0.5) is 5.82 Å². The van der Waals surface area contributed by atoms with Gasteiger partial charge in [-0.1, -0.05) is 6.92 Å². The molecule has 1 N–H and O–H groups in total. The minimum absolute atomic E-state index is 0.532. The molecule has 0 radical (unpaired) electrons. The number of rotatable bonds is 7. The summed E-state index contributed by atoms with van der Waals surface area (Å²) in [7, 11) is 1.68. The lowest BCUT2D eigenvalue weighted by Gasteiger charge is -2.08. The Labute approximate surface area is 101 Å². The lowest BCUT2D eigenvalue weighted by atomic mass is 10.4. The van der Waals surface area contributed by atoms with Crippen LogP contribution in [-0.4, -0.2) is 29.4 Å². The molecule has 1 rings (SSSR count). The summed E-state index contributed by atoms with van der Waals surface area (Å²) in [6.07, 6.45) is 0. The molecule has 0 saturated carbocycles. The molecular weight excluding hydrogens is 222 g/mol. The highest BCUT2D eigenvalue weighted by Gasteiger charge is 2.04. The summed E-state index contributed by atoms with van der Waals surface area (Å²) in [4.78, 5) is 8.89. The van der Waals surface area contributed by atoms with E-state index in [1.807, 2.05) is 17.8 Å². The van der Waals surface area contributed by atoms with Crippen molar-refractivity contribution in [3.8, 4) is 0 Å². The van der Waals surface area contributed by atoms with Crippen LogP contribution >= 0.6 is 11.8 Å². The smallest absolute Gasteiger partial charge is 0.140 e. The first-order valence-electron chi connectivity index (χ1n) is 5.47. The molecule has 0 spiro atoms. The minimum atomic E-state index is 0.532. The molecule has 5 heteroatoms. The Morgan fingerprint density at radius 1 is 1.38 bits per heavy atom. The van der Waals surface area contributed by atoms with Crippen molar-refractivity contribution in [2.24, 2.45) is 0 Å². The summed E-state index contributed by atoms with van der Waals surface area (Å²) in [5.41, 5.74) is 0.931. The zero-order chi connectivity index (χ0) is 11.8. The second kappa shape index (κ2) is 7.46. The van der Waals surface area contributed by atoms with Crippen molar-refractivity contribution < 1.29 is 4.74 Å². The number of ether oxygens (including phenoxy) is 1. The number of hydrogen-bond acceptors (Lipinski definition) is 5. The van der Waals surface area contributed by atoms with E-state index in [2.05, 4.69) is 29.1 Å². The van der Waals surface area contributed by atoms with Crippen molar-refractivity contribution >= 4 is 17.6 Å². The molecule has 0 atom stereocenters. The largest absolute Gasteiger partial charge is 0.378 e. The standard InChI is InChI=1S/C11H19N3OS/c1-4-12-10-6-9(7-15-3)13-11(14-10)8-16-5-2/h6H,4-5,7-8H2,1-3H3,(H,12,13,14). The van der Waals surface area contributed by atoms with Crippen LogP contribution in [-0.2, 0) is 17.1 Å². The highest BCUT2D eigenvalue weighted by molar-refractivity contribution is 7.98. The van der Waals surface area contributed by atoms with Crippen LogP contribution in [0.1, 0.15) is 25.4 Å². The number of nitrogens with one attached hydrogen (secondary N) is 1. The van der Waals surface area contributed by atoms with Crippen LogP contribution in [0.3, 0.4) is 0 Å². The number of thioether (sulfide) groups is 1. The quantitative estimate of drug-likeness (QED) is 0.793. The molecule has 0 fully saturated rings. The van der Waals surface area contributed by atoms with Gasteiger partial charge in [0.2, 0.25) is 0 Å². The summed E-state index contributed by atoms with van der Waals surface area (Å²) in [6, 6.07) is 1.94. The van der Waals surface area contributed by atoms with Crippen LogP contribution in [0.2, 0.25) is 0 Å². The van der Waals surface area contributed by atoms with Gasteiger partial charge >= 0.3 is 0 Å². The fraction of sp³-hybridized carbons (Fsp3) is 0.636.